The number of hydrogen-bond donors (Lipinski definition) is 0. The van der Waals surface area contributed by atoms with Crippen LogP contribution in [-0.4, -0.2) is 4.98 Å². The molecule has 0 unspecified atom stereocenters. The maximum Gasteiger partial charge on any atom is 0.418 e. The van der Waals surface area contributed by atoms with Crippen LogP contribution in [0, 0.1) is 12.1 Å². The summed E-state index contributed by atoms with van der Waals surface area (Å²) >= 11 is 0. The lowest BCUT2D eigenvalue weighted by Gasteiger charge is -2.03. The monoisotopic (exact) mass is 164 g/mol. The van der Waals surface area contributed by atoms with Crippen molar-refractivity contribution in [3.05, 3.63) is 29.8 Å². The molecule has 1 aromatic heterocycles. The first-order valence-electron chi connectivity index (χ1n) is 2.61. The third-order valence-electron chi connectivity index (χ3n) is 0.976. The van der Waals surface area contributed by atoms with Crippen molar-refractivity contribution in [2.24, 2.45) is 0 Å². The smallest absolute Gasteiger partial charge is 0.217 e. The third kappa shape index (κ3) is 1.89. The topological polar surface area (TPSA) is 12.9 Å². The van der Waals surface area contributed by atoms with Crippen LogP contribution >= 0.6 is 0 Å². The number of rotatable bonds is 0. The molecule has 0 N–H and O–H groups in total. The molecule has 59 valence electrons. The van der Waals surface area contributed by atoms with Crippen LogP contribution < -0.4 is 0 Å². The van der Waals surface area contributed by atoms with Gasteiger partial charge in [-0.15, -0.1) is 0 Å². The summed E-state index contributed by atoms with van der Waals surface area (Å²) in [5, 5.41) is 0. The fourth-order valence-corrected chi connectivity index (χ4v) is 0.498. The number of halogens is 4. The highest BCUT2D eigenvalue weighted by Crippen LogP contribution is 2.27. The van der Waals surface area contributed by atoms with Gasteiger partial charge in [0.15, 0.2) is 0 Å². The minimum Gasteiger partial charge on any atom is -0.217 e. The van der Waals surface area contributed by atoms with Crippen molar-refractivity contribution in [2.45, 2.75) is 6.18 Å². The molecule has 0 bridgehead atoms. The van der Waals surface area contributed by atoms with Crippen LogP contribution in [-0.2, 0) is 6.18 Å². The average molecular weight is 164 g/mol. The Morgan fingerprint density at radius 1 is 1.27 bits per heavy atom. The summed E-state index contributed by atoms with van der Waals surface area (Å²) in [6.07, 6.45) is -2.97. The van der Waals surface area contributed by atoms with E-state index in [1.54, 1.807) is 0 Å². The van der Waals surface area contributed by atoms with Crippen molar-refractivity contribution in [3.8, 4) is 0 Å². The second-order valence-corrected chi connectivity index (χ2v) is 1.79. The average Bonchev–Trinajstić information content (AvgIpc) is 1.86. The van der Waals surface area contributed by atoms with Crippen LogP contribution in [0.5, 0.6) is 0 Å². The molecule has 1 rings (SSSR count). The summed E-state index contributed by atoms with van der Waals surface area (Å²) in [5.41, 5.74) is -1.07. The minimum atomic E-state index is -4.50. The Bertz CT molecular complexity index is 238. The van der Waals surface area contributed by atoms with Gasteiger partial charge in [0.25, 0.3) is 0 Å². The Labute approximate surface area is 59.7 Å². The lowest BCUT2D eigenvalue weighted by molar-refractivity contribution is -0.138. The molecule has 0 atom stereocenters. The van der Waals surface area contributed by atoms with Gasteiger partial charge in [0, 0.05) is 0 Å². The van der Waals surface area contributed by atoms with E-state index in [4.69, 9.17) is 0 Å². The number of hydrogen-bond acceptors (Lipinski definition) is 1. The Morgan fingerprint density at radius 2 is 1.91 bits per heavy atom. The summed E-state index contributed by atoms with van der Waals surface area (Å²) < 4.78 is 47.1. The zero-order valence-electron chi connectivity index (χ0n) is 5.11. The molecule has 0 aliphatic carbocycles. The lowest BCUT2D eigenvalue weighted by Crippen LogP contribution is -2.05. The van der Waals surface area contributed by atoms with Gasteiger partial charge in [-0.25, -0.2) is 4.98 Å². The van der Waals surface area contributed by atoms with Crippen molar-refractivity contribution in [1.82, 2.24) is 4.98 Å². The Hall–Kier alpha value is -1.13. The molecule has 0 fully saturated rings. The van der Waals surface area contributed by atoms with Gasteiger partial charge in [0.1, 0.15) is 6.20 Å². The van der Waals surface area contributed by atoms with E-state index in [1.165, 1.54) is 6.20 Å². The standard InChI is InChI=1S/C6H2F4N/c7-5-2-1-4(3-11-5)6(8,9)10/h1-2H. The molecular weight excluding hydrogens is 162 g/mol. The first kappa shape index (κ1) is 7.97. The van der Waals surface area contributed by atoms with Gasteiger partial charge in [0.2, 0.25) is 5.95 Å². The molecule has 1 radical (unpaired) electrons. The quantitative estimate of drug-likeness (QED) is 0.422. The molecule has 1 nitrogen and oxygen atoms in total. The van der Waals surface area contributed by atoms with Gasteiger partial charge in [-0.3, -0.25) is 0 Å². The molecular formula is C6H2F4N. The van der Waals surface area contributed by atoms with Crippen molar-refractivity contribution in [1.29, 1.82) is 0 Å². The number of nitrogens with zero attached hydrogens (tertiary/aromatic N) is 1. The van der Waals surface area contributed by atoms with Gasteiger partial charge in [-0.2, -0.15) is 17.6 Å². The maximum atomic E-state index is 12.0. The molecule has 0 amide bonds. The number of aromatic nitrogens is 1. The van der Waals surface area contributed by atoms with Gasteiger partial charge < -0.3 is 0 Å². The summed E-state index contributed by atoms with van der Waals surface area (Å²) in [7, 11) is 0. The van der Waals surface area contributed by atoms with Gasteiger partial charge in [0.05, 0.1) is 5.56 Å². The highest BCUT2D eigenvalue weighted by molar-refractivity contribution is 5.11. The zero-order valence-corrected chi connectivity index (χ0v) is 5.11. The third-order valence-corrected chi connectivity index (χ3v) is 0.976. The van der Waals surface area contributed by atoms with Gasteiger partial charge in [-0.05, 0) is 12.1 Å². The van der Waals surface area contributed by atoms with E-state index < -0.39 is 17.7 Å². The molecule has 1 aromatic rings. The fourth-order valence-electron chi connectivity index (χ4n) is 0.498. The minimum absolute atomic E-state index is 0.586. The number of pyridine rings is 1. The van der Waals surface area contributed by atoms with Gasteiger partial charge in [-0.1, -0.05) is 0 Å². The van der Waals surface area contributed by atoms with Crippen LogP contribution in [0.1, 0.15) is 5.56 Å². The van der Waals surface area contributed by atoms with E-state index in [-0.39, 0.29) is 0 Å². The number of alkyl halides is 3. The molecule has 1 heterocycles. The summed E-state index contributed by atoms with van der Waals surface area (Å²) in [6.45, 7) is 0. The molecule has 0 aromatic carbocycles. The van der Waals surface area contributed by atoms with Crippen molar-refractivity contribution in [3.63, 3.8) is 0 Å². The van der Waals surface area contributed by atoms with Crippen LogP contribution in [0.15, 0.2) is 12.1 Å². The normalized spacial score (nSPS) is 11.6. The van der Waals surface area contributed by atoms with E-state index in [0.717, 1.165) is 0 Å². The van der Waals surface area contributed by atoms with Crippen LogP contribution in [0.2, 0.25) is 0 Å². The predicted octanol–water partition coefficient (Wildman–Crippen LogP) is 2.04. The molecule has 0 aliphatic heterocycles. The predicted molar refractivity (Wildman–Crippen MR) is 28.0 cm³/mol. The second-order valence-electron chi connectivity index (χ2n) is 1.79. The molecule has 0 saturated heterocycles. The fraction of sp³-hybridized carbons (Fsp3) is 0.167. The second kappa shape index (κ2) is 2.48. The van der Waals surface area contributed by atoms with Crippen LogP contribution in [0.25, 0.3) is 0 Å². The van der Waals surface area contributed by atoms with Crippen molar-refractivity contribution in [2.75, 3.05) is 0 Å². The first-order chi connectivity index (χ1) is 5.00. The zero-order chi connectivity index (χ0) is 8.48. The van der Waals surface area contributed by atoms with Crippen molar-refractivity contribution >= 4 is 0 Å². The highest BCUT2D eigenvalue weighted by Gasteiger charge is 2.31. The Kier molecular flexibility index (Phi) is 1.80. The highest BCUT2D eigenvalue weighted by atomic mass is 19.4. The lowest BCUT2D eigenvalue weighted by atomic mass is 10.3. The molecule has 5 heteroatoms. The molecule has 11 heavy (non-hydrogen) atoms. The summed E-state index contributed by atoms with van der Waals surface area (Å²) in [4.78, 5) is 2.73. The SMILES string of the molecule is Fc1ccc(C(F)(F)F)[c]n1. The Morgan fingerprint density at radius 3 is 2.27 bits per heavy atom. The summed E-state index contributed by atoms with van der Waals surface area (Å²) in [5.74, 6) is -0.974. The Balaban J connectivity index is 2.99. The molecule has 0 aliphatic rings. The first-order valence-corrected chi connectivity index (χ1v) is 2.61. The van der Waals surface area contributed by atoms with Gasteiger partial charge >= 0.3 is 6.18 Å². The molecule has 0 spiro atoms. The van der Waals surface area contributed by atoms with E-state index in [2.05, 4.69) is 4.98 Å². The van der Waals surface area contributed by atoms with E-state index >= 15 is 0 Å². The van der Waals surface area contributed by atoms with Crippen LogP contribution in [0.3, 0.4) is 0 Å². The van der Waals surface area contributed by atoms with E-state index in [0.29, 0.717) is 12.1 Å². The van der Waals surface area contributed by atoms with E-state index in [1.807, 2.05) is 0 Å². The van der Waals surface area contributed by atoms with Crippen LogP contribution in [0.4, 0.5) is 17.6 Å². The van der Waals surface area contributed by atoms with E-state index in [9.17, 15) is 17.6 Å². The summed E-state index contributed by atoms with van der Waals surface area (Å²) in [6, 6.07) is 1.22. The molecule has 0 saturated carbocycles. The maximum absolute atomic E-state index is 12.0. The largest absolute Gasteiger partial charge is 0.418 e. The van der Waals surface area contributed by atoms with Crippen molar-refractivity contribution < 1.29 is 17.6 Å².